The molecule has 0 radical (unpaired) electrons. The number of amides is 1. The molecule has 24 heavy (non-hydrogen) atoms. The van der Waals surface area contributed by atoms with Gasteiger partial charge in [0.25, 0.3) is 5.91 Å². The molecule has 0 heterocycles. The fourth-order valence-corrected chi connectivity index (χ4v) is 2.16. The molecule has 1 amide bonds. The predicted molar refractivity (Wildman–Crippen MR) is 91.5 cm³/mol. The number of carbonyl (C=O) groups is 2. The van der Waals surface area contributed by atoms with Gasteiger partial charge in [0.15, 0.2) is 6.61 Å². The highest BCUT2D eigenvalue weighted by Gasteiger charge is 2.05. The summed E-state index contributed by atoms with van der Waals surface area (Å²) in [7, 11) is 0. The van der Waals surface area contributed by atoms with E-state index in [2.05, 4.69) is 5.32 Å². The van der Waals surface area contributed by atoms with Crippen LogP contribution < -0.4 is 10.1 Å². The quantitative estimate of drug-likeness (QED) is 0.820. The maximum Gasteiger partial charge on any atom is 0.335 e. The average Bonchev–Trinajstić information content (AvgIpc) is 2.56. The summed E-state index contributed by atoms with van der Waals surface area (Å²) in [5.41, 5.74) is 3.53. The second kappa shape index (κ2) is 8.15. The first-order valence-electron chi connectivity index (χ1n) is 7.74. The molecular formula is C19H21NO4. The van der Waals surface area contributed by atoms with Crippen molar-refractivity contribution in [1.82, 2.24) is 5.32 Å². The average molecular weight is 327 g/mol. The molecule has 0 aliphatic carbocycles. The maximum absolute atomic E-state index is 11.8. The van der Waals surface area contributed by atoms with E-state index in [1.807, 2.05) is 32.0 Å². The number of carboxylic acids is 1. The number of benzene rings is 2. The van der Waals surface area contributed by atoms with Gasteiger partial charge in [-0.15, -0.1) is 0 Å². The van der Waals surface area contributed by atoms with Crippen molar-refractivity contribution in [2.45, 2.75) is 20.3 Å². The van der Waals surface area contributed by atoms with Crippen LogP contribution in [0.25, 0.3) is 0 Å². The Bertz CT molecular complexity index is 723. The summed E-state index contributed by atoms with van der Waals surface area (Å²) < 4.78 is 5.47. The Morgan fingerprint density at radius 3 is 2.38 bits per heavy atom. The number of hydrogen-bond acceptors (Lipinski definition) is 3. The van der Waals surface area contributed by atoms with Gasteiger partial charge in [-0.05, 0) is 61.2 Å². The topological polar surface area (TPSA) is 75.6 Å². The van der Waals surface area contributed by atoms with E-state index >= 15 is 0 Å². The second-order valence-corrected chi connectivity index (χ2v) is 5.64. The Morgan fingerprint density at radius 2 is 1.75 bits per heavy atom. The van der Waals surface area contributed by atoms with Gasteiger partial charge in [-0.1, -0.05) is 18.2 Å². The summed E-state index contributed by atoms with van der Waals surface area (Å²) in [5, 5.41) is 11.6. The van der Waals surface area contributed by atoms with E-state index in [1.165, 1.54) is 5.56 Å². The molecule has 2 N–H and O–H groups in total. The standard InChI is InChI=1S/C19H21NO4/c1-13-3-8-17(11-14(13)2)24-12-18(21)20-10-9-15-4-6-16(7-5-15)19(22)23/h3-8,11H,9-10,12H2,1-2H3,(H,20,21)(H,22,23). The van der Waals surface area contributed by atoms with E-state index in [4.69, 9.17) is 9.84 Å². The van der Waals surface area contributed by atoms with Crippen molar-refractivity contribution in [3.05, 3.63) is 64.7 Å². The third-order valence-electron chi connectivity index (χ3n) is 3.79. The van der Waals surface area contributed by atoms with E-state index in [0.717, 1.165) is 11.1 Å². The third-order valence-corrected chi connectivity index (χ3v) is 3.79. The molecule has 0 saturated heterocycles. The minimum atomic E-state index is -0.946. The lowest BCUT2D eigenvalue weighted by Crippen LogP contribution is -2.30. The van der Waals surface area contributed by atoms with Crippen LogP contribution in [0.5, 0.6) is 5.75 Å². The number of aryl methyl sites for hydroxylation is 2. The Kier molecular flexibility index (Phi) is 5.95. The first kappa shape index (κ1) is 17.5. The third kappa shape index (κ3) is 5.12. The van der Waals surface area contributed by atoms with Crippen molar-refractivity contribution in [3.8, 4) is 5.75 Å². The van der Waals surface area contributed by atoms with Crippen molar-refractivity contribution >= 4 is 11.9 Å². The summed E-state index contributed by atoms with van der Waals surface area (Å²) >= 11 is 0. The molecule has 0 fully saturated rings. The minimum Gasteiger partial charge on any atom is -0.484 e. The normalized spacial score (nSPS) is 10.2. The summed E-state index contributed by atoms with van der Waals surface area (Å²) in [6, 6.07) is 12.3. The summed E-state index contributed by atoms with van der Waals surface area (Å²) in [6.07, 6.45) is 0.634. The van der Waals surface area contributed by atoms with Gasteiger partial charge in [0.2, 0.25) is 0 Å². The van der Waals surface area contributed by atoms with Gasteiger partial charge < -0.3 is 15.2 Å². The van der Waals surface area contributed by atoms with E-state index < -0.39 is 5.97 Å². The molecule has 5 heteroatoms. The first-order valence-corrected chi connectivity index (χ1v) is 7.74. The summed E-state index contributed by atoms with van der Waals surface area (Å²) in [5.74, 6) is -0.453. The van der Waals surface area contributed by atoms with Gasteiger partial charge in [0.05, 0.1) is 5.56 Å². The van der Waals surface area contributed by atoms with Gasteiger partial charge in [0.1, 0.15) is 5.75 Å². The van der Waals surface area contributed by atoms with Crippen LogP contribution in [0, 0.1) is 13.8 Å². The minimum absolute atomic E-state index is 0.0273. The van der Waals surface area contributed by atoms with Crippen LogP contribution >= 0.6 is 0 Å². The first-order chi connectivity index (χ1) is 11.5. The molecule has 0 aliphatic rings. The fourth-order valence-electron chi connectivity index (χ4n) is 2.16. The molecule has 2 aromatic rings. The molecule has 2 rings (SSSR count). The largest absolute Gasteiger partial charge is 0.484 e. The Morgan fingerprint density at radius 1 is 1.04 bits per heavy atom. The molecule has 0 spiro atoms. The molecule has 126 valence electrons. The summed E-state index contributed by atoms with van der Waals surface area (Å²) in [4.78, 5) is 22.6. The number of hydrogen-bond donors (Lipinski definition) is 2. The van der Waals surface area contributed by atoms with Crippen molar-refractivity contribution in [2.75, 3.05) is 13.2 Å². The van der Waals surface area contributed by atoms with Gasteiger partial charge in [0, 0.05) is 6.54 Å². The zero-order valence-electron chi connectivity index (χ0n) is 13.8. The zero-order valence-corrected chi connectivity index (χ0v) is 13.8. The highest BCUT2D eigenvalue weighted by atomic mass is 16.5. The van der Waals surface area contributed by atoms with Crippen LogP contribution in [0.1, 0.15) is 27.0 Å². The SMILES string of the molecule is Cc1ccc(OCC(=O)NCCc2ccc(C(=O)O)cc2)cc1C. The van der Waals surface area contributed by atoms with Crippen molar-refractivity contribution in [3.63, 3.8) is 0 Å². The molecule has 0 aromatic heterocycles. The number of aromatic carboxylic acids is 1. The van der Waals surface area contributed by atoms with Crippen molar-refractivity contribution in [1.29, 1.82) is 0 Å². The van der Waals surface area contributed by atoms with Crippen LogP contribution in [0.15, 0.2) is 42.5 Å². The van der Waals surface area contributed by atoms with Gasteiger partial charge in [-0.2, -0.15) is 0 Å². The van der Waals surface area contributed by atoms with E-state index in [0.29, 0.717) is 18.7 Å². The second-order valence-electron chi connectivity index (χ2n) is 5.64. The van der Waals surface area contributed by atoms with Gasteiger partial charge >= 0.3 is 5.97 Å². The van der Waals surface area contributed by atoms with Crippen molar-refractivity contribution in [2.24, 2.45) is 0 Å². The lowest BCUT2D eigenvalue weighted by molar-refractivity contribution is -0.123. The number of nitrogens with one attached hydrogen (secondary N) is 1. The molecular weight excluding hydrogens is 306 g/mol. The predicted octanol–water partition coefficient (Wildman–Crippen LogP) is 2.74. The number of carbonyl (C=O) groups excluding carboxylic acids is 1. The van der Waals surface area contributed by atoms with E-state index in [9.17, 15) is 9.59 Å². The smallest absolute Gasteiger partial charge is 0.335 e. The van der Waals surface area contributed by atoms with Gasteiger partial charge in [-0.3, -0.25) is 4.79 Å². The van der Waals surface area contributed by atoms with Crippen LogP contribution in [-0.2, 0) is 11.2 Å². The van der Waals surface area contributed by atoms with E-state index in [-0.39, 0.29) is 18.1 Å². The molecule has 0 atom stereocenters. The molecule has 5 nitrogen and oxygen atoms in total. The zero-order chi connectivity index (χ0) is 17.5. The van der Waals surface area contributed by atoms with Crippen LogP contribution in [0.3, 0.4) is 0 Å². The van der Waals surface area contributed by atoms with Crippen molar-refractivity contribution < 1.29 is 19.4 Å². The summed E-state index contributed by atoms with van der Waals surface area (Å²) in [6.45, 7) is 4.47. The Balaban J connectivity index is 1.73. The molecule has 0 aliphatic heterocycles. The maximum atomic E-state index is 11.8. The Hall–Kier alpha value is -2.82. The van der Waals surface area contributed by atoms with Crippen LogP contribution in [-0.4, -0.2) is 30.1 Å². The lowest BCUT2D eigenvalue weighted by Gasteiger charge is -2.09. The fraction of sp³-hybridized carbons (Fsp3) is 0.263. The highest BCUT2D eigenvalue weighted by Crippen LogP contribution is 2.16. The number of rotatable bonds is 7. The van der Waals surface area contributed by atoms with E-state index in [1.54, 1.807) is 24.3 Å². The van der Waals surface area contributed by atoms with Crippen LogP contribution in [0.2, 0.25) is 0 Å². The number of carboxylic acid groups (broad SMARTS) is 1. The van der Waals surface area contributed by atoms with Crippen LogP contribution in [0.4, 0.5) is 0 Å². The van der Waals surface area contributed by atoms with Gasteiger partial charge in [-0.25, -0.2) is 4.79 Å². The molecule has 0 saturated carbocycles. The Labute approximate surface area is 141 Å². The lowest BCUT2D eigenvalue weighted by atomic mass is 10.1. The molecule has 0 bridgehead atoms. The molecule has 0 unspecified atom stereocenters. The molecule has 2 aromatic carbocycles. The highest BCUT2D eigenvalue weighted by molar-refractivity contribution is 5.87. The monoisotopic (exact) mass is 327 g/mol. The number of ether oxygens (including phenoxy) is 1.